The monoisotopic (exact) mass is 178 g/mol. The van der Waals surface area contributed by atoms with Crippen molar-refractivity contribution in [1.29, 1.82) is 5.26 Å². The van der Waals surface area contributed by atoms with Crippen molar-refractivity contribution in [2.45, 2.75) is 19.4 Å². The molecule has 1 rings (SSSR count). The molecule has 1 aromatic carbocycles. The summed E-state index contributed by atoms with van der Waals surface area (Å²) in [4.78, 5) is 0. The van der Waals surface area contributed by atoms with Crippen molar-refractivity contribution in [3.8, 4) is 6.07 Å². The summed E-state index contributed by atoms with van der Waals surface area (Å²) in [5.41, 5.74) is 6.33. The van der Waals surface area contributed by atoms with Crippen LogP contribution < -0.4 is 5.73 Å². The molecule has 0 aliphatic carbocycles. The topological polar surface area (TPSA) is 49.8 Å². The van der Waals surface area contributed by atoms with E-state index in [0.717, 1.165) is 0 Å². The number of benzene rings is 1. The molecule has 0 unspecified atom stereocenters. The van der Waals surface area contributed by atoms with Crippen LogP contribution in [-0.2, 0) is 0 Å². The molecule has 0 heterocycles. The fraction of sp³-hybridized carbons (Fsp3) is 0.300. The van der Waals surface area contributed by atoms with E-state index in [2.05, 4.69) is 0 Å². The van der Waals surface area contributed by atoms with Gasteiger partial charge in [-0.1, -0.05) is 13.0 Å². The highest BCUT2D eigenvalue weighted by Gasteiger charge is 2.13. The minimum Gasteiger partial charge on any atom is -0.324 e. The third kappa shape index (κ3) is 1.85. The highest BCUT2D eigenvalue weighted by molar-refractivity contribution is 5.40. The van der Waals surface area contributed by atoms with Gasteiger partial charge < -0.3 is 5.73 Å². The molecule has 0 saturated carbocycles. The van der Waals surface area contributed by atoms with Crippen molar-refractivity contribution in [3.05, 3.63) is 35.1 Å². The van der Waals surface area contributed by atoms with Crippen LogP contribution in [-0.4, -0.2) is 0 Å². The van der Waals surface area contributed by atoms with Gasteiger partial charge in [-0.25, -0.2) is 4.39 Å². The molecule has 2 N–H and O–H groups in total. The van der Waals surface area contributed by atoms with Gasteiger partial charge in [-0.3, -0.25) is 0 Å². The Morgan fingerprint density at radius 1 is 1.62 bits per heavy atom. The van der Waals surface area contributed by atoms with Crippen LogP contribution >= 0.6 is 0 Å². The van der Waals surface area contributed by atoms with Crippen molar-refractivity contribution >= 4 is 0 Å². The van der Waals surface area contributed by atoms with Crippen molar-refractivity contribution in [2.24, 2.45) is 5.73 Å². The Morgan fingerprint density at radius 2 is 2.31 bits per heavy atom. The molecule has 0 aliphatic rings. The second-order valence-corrected chi connectivity index (χ2v) is 2.83. The summed E-state index contributed by atoms with van der Waals surface area (Å²) in [7, 11) is 0. The summed E-state index contributed by atoms with van der Waals surface area (Å²) < 4.78 is 13.2. The van der Waals surface area contributed by atoms with Gasteiger partial charge in [-0.2, -0.15) is 5.26 Å². The summed E-state index contributed by atoms with van der Waals surface area (Å²) in [6.07, 6.45) is 0.621. The largest absolute Gasteiger partial charge is 0.324 e. The predicted octanol–water partition coefficient (Wildman–Crippen LogP) is 2.11. The van der Waals surface area contributed by atoms with E-state index in [9.17, 15) is 4.39 Å². The van der Waals surface area contributed by atoms with Crippen LogP contribution in [0.3, 0.4) is 0 Å². The lowest BCUT2D eigenvalue weighted by Crippen LogP contribution is -2.12. The number of halogens is 1. The number of hydrogen-bond acceptors (Lipinski definition) is 2. The van der Waals surface area contributed by atoms with Gasteiger partial charge in [0.05, 0.1) is 11.6 Å². The van der Waals surface area contributed by atoms with E-state index in [4.69, 9.17) is 11.0 Å². The van der Waals surface area contributed by atoms with E-state index in [1.807, 2.05) is 13.0 Å². The summed E-state index contributed by atoms with van der Waals surface area (Å²) in [6, 6.07) is 5.95. The van der Waals surface area contributed by atoms with E-state index in [-0.39, 0.29) is 0 Å². The Bertz CT molecular complexity index is 341. The lowest BCUT2D eigenvalue weighted by molar-refractivity contribution is 0.574. The van der Waals surface area contributed by atoms with E-state index in [0.29, 0.717) is 17.5 Å². The Balaban J connectivity index is 3.24. The number of nitrogens with zero attached hydrogens (tertiary/aromatic N) is 1. The zero-order valence-electron chi connectivity index (χ0n) is 7.42. The Hall–Kier alpha value is -1.40. The van der Waals surface area contributed by atoms with Gasteiger partial charge in [0.2, 0.25) is 0 Å². The molecule has 0 fully saturated rings. The smallest absolute Gasteiger partial charge is 0.129 e. The molecule has 1 atom stereocenters. The SMILES string of the molecule is CC[C@@H](N)c1c(F)cccc1C#N. The van der Waals surface area contributed by atoms with Gasteiger partial charge in [-0.05, 0) is 18.6 Å². The first kappa shape index (κ1) is 9.69. The van der Waals surface area contributed by atoms with Gasteiger partial charge in [0.1, 0.15) is 5.82 Å². The maximum atomic E-state index is 13.2. The second kappa shape index (κ2) is 4.01. The van der Waals surface area contributed by atoms with Crippen LogP contribution in [0.2, 0.25) is 0 Å². The van der Waals surface area contributed by atoms with E-state index in [1.54, 1.807) is 6.07 Å². The molecule has 0 radical (unpaired) electrons. The summed E-state index contributed by atoms with van der Waals surface area (Å²) in [6.45, 7) is 1.86. The van der Waals surface area contributed by atoms with Crippen molar-refractivity contribution in [3.63, 3.8) is 0 Å². The zero-order valence-corrected chi connectivity index (χ0v) is 7.42. The lowest BCUT2D eigenvalue weighted by Gasteiger charge is -2.11. The van der Waals surface area contributed by atoms with Gasteiger partial charge in [0, 0.05) is 11.6 Å². The summed E-state index contributed by atoms with van der Waals surface area (Å²) in [5, 5.41) is 8.72. The quantitative estimate of drug-likeness (QED) is 0.754. The number of rotatable bonds is 2. The minimum atomic E-state index is -0.395. The van der Waals surface area contributed by atoms with Crippen LogP contribution in [0, 0.1) is 17.1 Å². The molecule has 3 heteroatoms. The zero-order chi connectivity index (χ0) is 9.84. The van der Waals surface area contributed by atoms with Gasteiger partial charge in [0.15, 0.2) is 0 Å². The van der Waals surface area contributed by atoms with E-state index in [1.165, 1.54) is 12.1 Å². The molecule has 13 heavy (non-hydrogen) atoms. The lowest BCUT2D eigenvalue weighted by atomic mass is 9.99. The minimum absolute atomic E-state index is 0.326. The first-order valence-electron chi connectivity index (χ1n) is 4.14. The average Bonchev–Trinajstić information content (AvgIpc) is 2.16. The van der Waals surface area contributed by atoms with Gasteiger partial charge in [0.25, 0.3) is 0 Å². The van der Waals surface area contributed by atoms with Crippen molar-refractivity contribution in [2.75, 3.05) is 0 Å². The molecule has 0 bridgehead atoms. The Labute approximate surface area is 76.8 Å². The van der Waals surface area contributed by atoms with Crippen molar-refractivity contribution in [1.82, 2.24) is 0 Å². The number of hydrogen-bond donors (Lipinski definition) is 1. The molecule has 0 aliphatic heterocycles. The third-order valence-electron chi connectivity index (χ3n) is 1.98. The normalized spacial score (nSPS) is 12.2. The number of nitrogens with two attached hydrogens (primary N) is 1. The van der Waals surface area contributed by atoms with E-state index >= 15 is 0 Å². The van der Waals surface area contributed by atoms with Gasteiger partial charge >= 0.3 is 0 Å². The molecule has 2 nitrogen and oxygen atoms in total. The van der Waals surface area contributed by atoms with Gasteiger partial charge in [-0.15, -0.1) is 0 Å². The maximum Gasteiger partial charge on any atom is 0.129 e. The van der Waals surface area contributed by atoms with Crippen LogP contribution in [0.5, 0.6) is 0 Å². The highest BCUT2D eigenvalue weighted by Crippen LogP contribution is 2.21. The number of nitriles is 1. The molecular formula is C10H11FN2. The fourth-order valence-electron chi connectivity index (χ4n) is 1.22. The van der Waals surface area contributed by atoms with E-state index < -0.39 is 11.9 Å². The highest BCUT2D eigenvalue weighted by atomic mass is 19.1. The fourth-order valence-corrected chi connectivity index (χ4v) is 1.22. The molecule has 0 amide bonds. The molecule has 68 valence electrons. The van der Waals surface area contributed by atoms with Crippen molar-refractivity contribution < 1.29 is 4.39 Å². The first-order chi connectivity index (χ1) is 6.20. The van der Waals surface area contributed by atoms with Crippen LogP contribution in [0.1, 0.15) is 30.5 Å². The molecule has 0 saturated heterocycles. The molecule has 0 spiro atoms. The average molecular weight is 178 g/mol. The maximum absolute atomic E-state index is 13.2. The standard InChI is InChI=1S/C10H11FN2/c1-2-9(13)10-7(6-12)4-3-5-8(10)11/h3-5,9H,2,13H2,1H3/t9-/m1/s1. The van der Waals surface area contributed by atoms with Crippen LogP contribution in [0.25, 0.3) is 0 Å². The molecule has 1 aromatic rings. The Morgan fingerprint density at radius 3 is 2.85 bits per heavy atom. The second-order valence-electron chi connectivity index (χ2n) is 2.83. The molecular weight excluding hydrogens is 167 g/mol. The van der Waals surface area contributed by atoms with Crippen LogP contribution in [0.4, 0.5) is 4.39 Å². The van der Waals surface area contributed by atoms with Crippen LogP contribution in [0.15, 0.2) is 18.2 Å². The first-order valence-corrected chi connectivity index (χ1v) is 4.14. The summed E-state index contributed by atoms with van der Waals surface area (Å²) in [5.74, 6) is -0.395. The molecule has 0 aromatic heterocycles. The Kier molecular flexibility index (Phi) is 2.99. The summed E-state index contributed by atoms with van der Waals surface area (Å²) >= 11 is 0. The predicted molar refractivity (Wildman–Crippen MR) is 48.3 cm³/mol. The third-order valence-corrected chi connectivity index (χ3v) is 1.98.